The average Bonchev–Trinajstić information content (AvgIpc) is 3.83. The zero-order chi connectivity index (χ0) is 37.8. The van der Waals surface area contributed by atoms with Crippen molar-refractivity contribution in [3.8, 4) is 28.7 Å². The van der Waals surface area contributed by atoms with Gasteiger partial charge in [0.25, 0.3) is 0 Å². The van der Waals surface area contributed by atoms with E-state index in [4.69, 9.17) is 19.4 Å². The maximum Gasteiger partial charge on any atom is 0.238 e. The molecule has 0 aliphatic rings. The Morgan fingerprint density at radius 3 is 1.49 bits per heavy atom. The molecule has 0 fully saturated rings. The first-order valence-electron chi connectivity index (χ1n) is 19.0. The van der Waals surface area contributed by atoms with E-state index in [1.54, 1.807) is 12.4 Å². The summed E-state index contributed by atoms with van der Waals surface area (Å²) in [7, 11) is -2.72. The Morgan fingerprint density at radius 2 is 0.895 bits per heavy atom. The van der Waals surface area contributed by atoms with Gasteiger partial charge in [-0.25, -0.2) is 4.98 Å². The monoisotopic (exact) mass is 747 g/mol. The zero-order valence-electron chi connectivity index (χ0n) is 30.7. The summed E-state index contributed by atoms with van der Waals surface area (Å²) < 4.78 is 8.42. The van der Waals surface area contributed by atoms with Crippen LogP contribution in [0.25, 0.3) is 72.5 Å². The van der Waals surface area contributed by atoms with Crippen molar-refractivity contribution in [1.82, 2.24) is 24.5 Å². The topological polar surface area (TPSA) is 69.6 Å². The number of benzene rings is 7. The fraction of sp³-hybridized carbons (Fsp3) is 0. The normalized spacial score (nSPS) is 11.9. The lowest BCUT2D eigenvalue weighted by molar-refractivity contribution is 0.667. The Hall–Kier alpha value is -7.48. The van der Waals surface area contributed by atoms with Gasteiger partial charge < -0.3 is 4.42 Å². The molecule has 11 rings (SSSR count). The molecule has 0 N–H and O–H groups in total. The molecule has 57 heavy (non-hydrogen) atoms. The first-order valence-corrected chi connectivity index (χ1v) is 21.0. The maximum absolute atomic E-state index is 6.27. The highest BCUT2D eigenvalue weighted by atomic mass is 28.3. The van der Waals surface area contributed by atoms with Crippen molar-refractivity contribution in [2.75, 3.05) is 0 Å². The van der Waals surface area contributed by atoms with Gasteiger partial charge in [0.1, 0.15) is 5.58 Å². The van der Waals surface area contributed by atoms with E-state index in [9.17, 15) is 0 Å². The van der Waals surface area contributed by atoms with Crippen LogP contribution in [0.3, 0.4) is 0 Å². The molecule has 268 valence electrons. The molecule has 11 aromatic rings. The summed E-state index contributed by atoms with van der Waals surface area (Å²) in [5, 5.41) is 9.57. The van der Waals surface area contributed by atoms with E-state index in [1.165, 1.54) is 20.7 Å². The molecule has 0 amide bonds. The second-order valence-electron chi connectivity index (χ2n) is 14.3. The quantitative estimate of drug-likeness (QED) is 0.120. The lowest BCUT2D eigenvalue weighted by atomic mass is 10.1. The van der Waals surface area contributed by atoms with E-state index in [0.717, 1.165) is 54.9 Å². The molecule has 7 heteroatoms. The number of rotatable bonds is 7. The minimum absolute atomic E-state index is 0.548. The van der Waals surface area contributed by atoms with Crippen molar-refractivity contribution in [3.63, 3.8) is 0 Å². The van der Waals surface area contributed by atoms with Gasteiger partial charge >= 0.3 is 0 Å². The molecular weight excluding hydrogens is 715 g/mol. The van der Waals surface area contributed by atoms with Crippen LogP contribution in [0, 0.1) is 0 Å². The SMILES string of the molecule is c1ccc([Si](c2ccccc2)(c2ccccc2)c2ccc(-c3nc(-c4ccc5c(c4)oc4cnccc45)nc(-n4c5ccccc5c5ccccc54)n3)cc2)cc1. The van der Waals surface area contributed by atoms with Crippen LogP contribution in [0.5, 0.6) is 0 Å². The molecule has 0 aliphatic heterocycles. The minimum Gasteiger partial charge on any atom is -0.454 e. The standard InChI is InChI=1S/C50H33N5OSi/c1-4-14-36(15-5-1)57(37-16-6-2-7-17-37,38-18-8-3-9-19-38)39-27-24-34(25-28-39)48-52-49(35-26-29-42-43-30-31-51-33-47(43)56-46(42)32-35)54-50(53-48)55-44-22-12-10-20-40(44)41-21-11-13-23-45(41)55/h1-33H. The van der Waals surface area contributed by atoms with Gasteiger partial charge in [-0.1, -0.05) is 158 Å². The first kappa shape index (κ1) is 32.9. The smallest absolute Gasteiger partial charge is 0.238 e. The third-order valence-corrected chi connectivity index (χ3v) is 15.9. The lowest BCUT2D eigenvalue weighted by Gasteiger charge is -2.34. The molecule has 0 bridgehead atoms. The maximum atomic E-state index is 6.27. The van der Waals surface area contributed by atoms with Crippen LogP contribution in [0.1, 0.15) is 0 Å². The lowest BCUT2D eigenvalue weighted by Crippen LogP contribution is -2.74. The highest BCUT2D eigenvalue weighted by Gasteiger charge is 2.41. The molecule has 0 atom stereocenters. The van der Waals surface area contributed by atoms with Gasteiger partial charge in [0.15, 0.2) is 25.3 Å². The molecule has 0 spiro atoms. The van der Waals surface area contributed by atoms with E-state index in [-0.39, 0.29) is 0 Å². The molecule has 0 radical (unpaired) electrons. The average molecular weight is 748 g/mol. The van der Waals surface area contributed by atoms with Gasteiger partial charge in [-0.3, -0.25) is 9.55 Å². The number of para-hydroxylation sites is 2. The van der Waals surface area contributed by atoms with Gasteiger partial charge in [0, 0.05) is 38.9 Å². The number of fused-ring (bicyclic) bond motifs is 6. The summed E-state index contributed by atoms with van der Waals surface area (Å²) in [4.78, 5) is 19.9. The van der Waals surface area contributed by atoms with E-state index in [1.807, 2.05) is 12.1 Å². The number of nitrogens with zero attached hydrogens (tertiary/aromatic N) is 5. The summed E-state index contributed by atoms with van der Waals surface area (Å²) in [6.07, 6.45) is 3.55. The molecular formula is C50H33N5OSi. The fourth-order valence-electron chi connectivity index (χ4n) is 8.57. The molecule has 0 aliphatic carbocycles. The zero-order valence-corrected chi connectivity index (χ0v) is 31.7. The Labute approximate surface area is 329 Å². The molecule has 0 unspecified atom stereocenters. The number of hydrogen-bond acceptors (Lipinski definition) is 5. The predicted molar refractivity (Wildman–Crippen MR) is 234 cm³/mol. The Kier molecular flexibility index (Phi) is 7.72. The van der Waals surface area contributed by atoms with Crippen molar-refractivity contribution >= 4 is 72.6 Å². The Bertz CT molecular complexity index is 3080. The molecule has 7 aromatic carbocycles. The van der Waals surface area contributed by atoms with E-state index in [2.05, 4.69) is 185 Å². The number of aromatic nitrogens is 5. The molecule has 4 heterocycles. The van der Waals surface area contributed by atoms with E-state index >= 15 is 0 Å². The van der Waals surface area contributed by atoms with Crippen molar-refractivity contribution < 1.29 is 4.42 Å². The fourth-order valence-corrected chi connectivity index (χ4v) is 13.3. The van der Waals surface area contributed by atoms with E-state index in [0.29, 0.717) is 17.6 Å². The van der Waals surface area contributed by atoms with Crippen molar-refractivity contribution in [2.24, 2.45) is 0 Å². The Morgan fingerprint density at radius 1 is 0.404 bits per heavy atom. The predicted octanol–water partition coefficient (Wildman–Crippen LogP) is 8.97. The van der Waals surface area contributed by atoms with Crippen molar-refractivity contribution in [1.29, 1.82) is 0 Å². The summed E-state index contributed by atoms with van der Waals surface area (Å²) in [6.45, 7) is 0. The summed E-state index contributed by atoms with van der Waals surface area (Å²) >= 11 is 0. The highest BCUT2D eigenvalue weighted by molar-refractivity contribution is 7.19. The Balaban J connectivity index is 1.13. The summed E-state index contributed by atoms with van der Waals surface area (Å²) in [5.74, 6) is 1.69. The van der Waals surface area contributed by atoms with Crippen LogP contribution in [0.15, 0.2) is 205 Å². The molecule has 0 saturated carbocycles. The first-order chi connectivity index (χ1) is 28.3. The van der Waals surface area contributed by atoms with Gasteiger partial charge in [-0.05, 0) is 51.1 Å². The second-order valence-corrected chi connectivity index (χ2v) is 18.1. The van der Waals surface area contributed by atoms with Gasteiger partial charge in [-0.2, -0.15) is 9.97 Å². The third kappa shape index (κ3) is 5.32. The number of pyridine rings is 1. The van der Waals surface area contributed by atoms with E-state index < -0.39 is 8.07 Å². The van der Waals surface area contributed by atoms with Crippen LogP contribution in [0.4, 0.5) is 0 Å². The second kappa shape index (κ2) is 13.4. The van der Waals surface area contributed by atoms with Crippen molar-refractivity contribution in [3.05, 3.63) is 200 Å². The third-order valence-electron chi connectivity index (χ3n) is 11.1. The van der Waals surface area contributed by atoms with Crippen LogP contribution in [-0.2, 0) is 0 Å². The summed E-state index contributed by atoms with van der Waals surface area (Å²) in [6, 6.07) is 66.8. The van der Waals surface area contributed by atoms with Crippen LogP contribution in [0.2, 0.25) is 0 Å². The highest BCUT2D eigenvalue weighted by Crippen LogP contribution is 2.34. The van der Waals surface area contributed by atoms with Crippen LogP contribution >= 0.6 is 0 Å². The number of furan rings is 1. The van der Waals surface area contributed by atoms with Gasteiger partial charge in [0.2, 0.25) is 5.95 Å². The minimum atomic E-state index is -2.72. The van der Waals surface area contributed by atoms with Gasteiger partial charge in [0.05, 0.1) is 17.2 Å². The van der Waals surface area contributed by atoms with Gasteiger partial charge in [-0.15, -0.1) is 0 Å². The van der Waals surface area contributed by atoms with Crippen LogP contribution in [-0.4, -0.2) is 32.6 Å². The van der Waals surface area contributed by atoms with Crippen molar-refractivity contribution in [2.45, 2.75) is 0 Å². The summed E-state index contributed by atoms with van der Waals surface area (Å²) in [5.41, 5.74) is 5.29. The molecule has 4 aromatic heterocycles. The largest absolute Gasteiger partial charge is 0.454 e. The molecule has 0 saturated heterocycles. The van der Waals surface area contributed by atoms with Crippen LogP contribution < -0.4 is 20.7 Å². The number of hydrogen-bond donors (Lipinski definition) is 0. The molecule has 6 nitrogen and oxygen atoms in total.